The number of aryl methyl sites for hydroxylation is 2. The largest absolute Gasteiger partial charge is 0.464 e. The number of furan rings is 1. The summed E-state index contributed by atoms with van der Waals surface area (Å²) in [6.45, 7) is 5.87. The molecule has 1 heterocycles. The molecule has 0 spiro atoms. The number of thioether (sulfide) groups is 1. The molecular formula is C19H27N3OS2. The summed E-state index contributed by atoms with van der Waals surface area (Å²) in [7, 11) is 4.08. The van der Waals surface area contributed by atoms with Crippen molar-refractivity contribution in [2.45, 2.75) is 26.1 Å². The molecule has 0 aliphatic rings. The van der Waals surface area contributed by atoms with Gasteiger partial charge in [0.05, 0.1) is 12.3 Å². The first-order valence-electron chi connectivity index (χ1n) is 8.36. The Kier molecular flexibility index (Phi) is 7.81. The van der Waals surface area contributed by atoms with Crippen LogP contribution in [0.25, 0.3) is 0 Å². The summed E-state index contributed by atoms with van der Waals surface area (Å²) in [6, 6.07) is 10.4. The maximum Gasteiger partial charge on any atom is 0.170 e. The Bertz CT molecular complexity index is 698. The van der Waals surface area contributed by atoms with Gasteiger partial charge in [0.2, 0.25) is 0 Å². The Balaban J connectivity index is 1.63. The monoisotopic (exact) mass is 377 g/mol. The minimum absolute atomic E-state index is 0.662. The van der Waals surface area contributed by atoms with Gasteiger partial charge in [-0.2, -0.15) is 11.8 Å². The lowest BCUT2D eigenvalue weighted by molar-refractivity contribution is 0.344. The molecule has 0 saturated heterocycles. The van der Waals surface area contributed by atoms with E-state index in [0.29, 0.717) is 5.11 Å². The number of hydrogen-bond acceptors (Lipinski definition) is 4. The lowest BCUT2D eigenvalue weighted by Gasteiger charge is -2.11. The molecule has 0 bridgehead atoms. The van der Waals surface area contributed by atoms with Crippen LogP contribution in [0.2, 0.25) is 0 Å². The third-order valence-corrected chi connectivity index (χ3v) is 4.96. The maximum atomic E-state index is 5.80. The zero-order chi connectivity index (χ0) is 18.2. The highest BCUT2D eigenvalue weighted by Crippen LogP contribution is 2.16. The Morgan fingerprint density at radius 1 is 1.12 bits per heavy atom. The molecule has 0 unspecified atom stereocenters. The Labute approximate surface area is 160 Å². The second-order valence-electron chi connectivity index (χ2n) is 6.34. The lowest BCUT2D eigenvalue weighted by Crippen LogP contribution is -2.30. The minimum atomic E-state index is 0.662. The number of rotatable bonds is 8. The fourth-order valence-electron chi connectivity index (χ4n) is 2.30. The second-order valence-corrected chi connectivity index (χ2v) is 7.85. The van der Waals surface area contributed by atoms with Crippen LogP contribution in [-0.4, -0.2) is 36.4 Å². The molecule has 2 rings (SSSR count). The van der Waals surface area contributed by atoms with E-state index in [1.807, 2.05) is 31.9 Å². The van der Waals surface area contributed by atoms with Crippen LogP contribution >= 0.6 is 24.0 Å². The molecule has 0 atom stereocenters. The average Bonchev–Trinajstić information content (AvgIpc) is 2.97. The molecule has 2 aromatic rings. The second kappa shape index (κ2) is 9.85. The number of nitrogens with zero attached hydrogens (tertiary/aromatic N) is 1. The van der Waals surface area contributed by atoms with E-state index in [4.69, 9.17) is 16.6 Å². The van der Waals surface area contributed by atoms with E-state index < -0.39 is 0 Å². The summed E-state index contributed by atoms with van der Waals surface area (Å²) < 4.78 is 5.80. The summed E-state index contributed by atoms with van der Waals surface area (Å²) in [6.07, 6.45) is 0. The van der Waals surface area contributed by atoms with Crippen LogP contribution in [0.3, 0.4) is 0 Å². The number of hydrogen-bond donors (Lipinski definition) is 2. The van der Waals surface area contributed by atoms with Crippen LogP contribution in [-0.2, 0) is 12.3 Å². The lowest BCUT2D eigenvalue weighted by atomic mass is 10.1. The van der Waals surface area contributed by atoms with Gasteiger partial charge >= 0.3 is 0 Å². The molecule has 6 heteroatoms. The predicted molar refractivity (Wildman–Crippen MR) is 112 cm³/mol. The van der Waals surface area contributed by atoms with Crippen LogP contribution < -0.4 is 10.6 Å². The summed E-state index contributed by atoms with van der Waals surface area (Å²) in [4.78, 5) is 2.10. The van der Waals surface area contributed by atoms with Gasteiger partial charge in [-0.3, -0.25) is 0 Å². The molecule has 25 heavy (non-hydrogen) atoms. The SMILES string of the molecule is Cc1ccc(NC(=S)NCCSCc2ccc(CN(C)C)o2)cc1C. The van der Waals surface area contributed by atoms with E-state index in [9.17, 15) is 0 Å². The van der Waals surface area contributed by atoms with E-state index in [0.717, 1.165) is 41.8 Å². The van der Waals surface area contributed by atoms with E-state index >= 15 is 0 Å². The Morgan fingerprint density at radius 3 is 2.60 bits per heavy atom. The smallest absolute Gasteiger partial charge is 0.170 e. The molecule has 0 fully saturated rings. The quantitative estimate of drug-likeness (QED) is 0.531. The molecule has 2 N–H and O–H groups in total. The molecule has 136 valence electrons. The number of anilines is 1. The topological polar surface area (TPSA) is 40.4 Å². The zero-order valence-electron chi connectivity index (χ0n) is 15.4. The third kappa shape index (κ3) is 7.10. The van der Waals surface area contributed by atoms with Crippen molar-refractivity contribution in [3.63, 3.8) is 0 Å². The van der Waals surface area contributed by atoms with Gasteiger partial charge in [0, 0.05) is 18.0 Å². The van der Waals surface area contributed by atoms with Gasteiger partial charge in [-0.25, -0.2) is 0 Å². The molecule has 0 aliphatic heterocycles. The standard InChI is InChI=1S/C19H27N3OS2/c1-14-5-6-16(11-15(14)2)21-19(24)20-9-10-25-13-18-8-7-17(23-18)12-22(3)4/h5-8,11H,9-10,12-13H2,1-4H3,(H2,20,21,24). The van der Waals surface area contributed by atoms with E-state index in [-0.39, 0.29) is 0 Å². The van der Waals surface area contributed by atoms with E-state index in [1.165, 1.54) is 11.1 Å². The Morgan fingerprint density at radius 2 is 1.88 bits per heavy atom. The van der Waals surface area contributed by atoms with Crippen LogP contribution in [0.1, 0.15) is 22.6 Å². The number of nitrogens with one attached hydrogen (secondary N) is 2. The van der Waals surface area contributed by atoms with E-state index in [2.05, 4.69) is 53.6 Å². The van der Waals surface area contributed by atoms with Crippen molar-refractivity contribution >= 4 is 34.8 Å². The van der Waals surface area contributed by atoms with Crippen LogP contribution in [0.15, 0.2) is 34.7 Å². The molecule has 1 aromatic heterocycles. The summed E-state index contributed by atoms with van der Waals surface area (Å²) in [5, 5.41) is 7.14. The van der Waals surface area contributed by atoms with Gasteiger partial charge in [-0.1, -0.05) is 6.07 Å². The van der Waals surface area contributed by atoms with Gasteiger partial charge in [-0.15, -0.1) is 0 Å². The van der Waals surface area contributed by atoms with Crippen LogP contribution in [0, 0.1) is 13.8 Å². The highest BCUT2D eigenvalue weighted by molar-refractivity contribution is 7.98. The van der Waals surface area contributed by atoms with Crippen molar-refractivity contribution in [1.29, 1.82) is 0 Å². The van der Waals surface area contributed by atoms with Crippen molar-refractivity contribution in [2.24, 2.45) is 0 Å². The van der Waals surface area contributed by atoms with Crippen molar-refractivity contribution in [3.8, 4) is 0 Å². The van der Waals surface area contributed by atoms with E-state index in [1.54, 1.807) is 0 Å². The normalized spacial score (nSPS) is 10.9. The first kappa shape index (κ1) is 19.8. The average molecular weight is 378 g/mol. The van der Waals surface area contributed by atoms with Gasteiger partial charge < -0.3 is 20.0 Å². The highest BCUT2D eigenvalue weighted by atomic mass is 32.2. The molecule has 4 nitrogen and oxygen atoms in total. The molecule has 1 aromatic carbocycles. The first-order chi connectivity index (χ1) is 11.9. The predicted octanol–water partition coefficient (Wildman–Crippen LogP) is 4.18. The fraction of sp³-hybridized carbons (Fsp3) is 0.421. The Hall–Kier alpha value is -1.50. The van der Waals surface area contributed by atoms with Crippen molar-refractivity contribution in [1.82, 2.24) is 10.2 Å². The molecule has 0 radical (unpaired) electrons. The van der Waals surface area contributed by atoms with Gasteiger partial charge in [0.25, 0.3) is 0 Å². The van der Waals surface area contributed by atoms with Crippen LogP contribution in [0.5, 0.6) is 0 Å². The molecule has 0 saturated carbocycles. The zero-order valence-corrected chi connectivity index (χ0v) is 17.0. The summed E-state index contributed by atoms with van der Waals surface area (Å²) >= 11 is 7.18. The molecular weight excluding hydrogens is 350 g/mol. The highest BCUT2D eigenvalue weighted by Gasteiger charge is 2.04. The van der Waals surface area contributed by atoms with Crippen molar-refractivity contribution in [3.05, 3.63) is 53.0 Å². The van der Waals surface area contributed by atoms with Gasteiger partial charge in [-0.05, 0) is 75.6 Å². The van der Waals surface area contributed by atoms with Crippen molar-refractivity contribution in [2.75, 3.05) is 31.7 Å². The first-order valence-corrected chi connectivity index (χ1v) is 9.92. The molecule has 0 amide bonds. The van der Waals surface area contributed by atoms with Gasteiger partial charge in [0.15, 0.2) is 5.11 Å². The summed E-state index contributed by atoms with van der Waals surface area (Å²) in [5.74, 6) is 3.89. The third-order valence-electron chi connectivity index (χ3n) is 3.73. The maximum absolute atomic E-state index is 5.80. The summed E-state index contributed by atoms with van der Waals surface area (Å²) in [5.41, 5.74) is 3.57. The van der Waals surface area contributed by atoms with Gasteiger partial charge in [0.1, 0.15) is 11.5 Å². The number of thiocarbonyl (C=S) groups is 1. The van der Waals surface area contributed by atoms with Crippen LogP contribution in [0.4, 0.5) is 5.69 Å². The number of benzene rings is 1. The molecule has 0 aliphatic carbocycles. The minimum Gasteiger partial charge on any atom is -0.464 e. The van der Waals surface area contributed by atoms with Crippen molar-refractivity contribution < 1.29 is 4.42 Å². The fourth-order valence-corrected chi connectivity index (χ4v) is 3.27.